The van der Waals surface area contributed by atoms with Crippen LogP contribution in [0.15, 0.2) is 28.7 Å². The molecule has 1 amide bonds. The molecule has 1 aliphatic carbocycles. The summed E-state index contributed by atoms with van der Waals surface area (Å²) in [5.74, 6) is 0.352. The van der Waals surface area contributed by atoms with E-state index in [9.17, 15) is 4.79 Å². The normalized spacial score (nSPS) is 20.9. The van der Waals surface area contributed by atoms with Crippen molar-refractivity contribution < 1.29 is 4.79 Å². The molecule has 2 aliphatic rings. The lowest BCUT2D eigenvalue weighted by atomic mass is 9.63. The van der Waals surface area contributed by atoms with Crippen LogP contribution < -0.4 is 5.32 Å². The molecule has 1 N–H and O–H groups in total. The van der Waals surface area contributed by atoms with Gasteiger partial charge in [0.2, 0.25) is 5.91 Å². The number of hydrogen-bond acceptors (Lipinski definition) is 2. The van der Waals surface area contributed by atoms with Gasteiger partial charge in [0.25, 0.3) is 0 Å². The lowest BCUT2D eigenvalue weighted by molar-refractivity contribution is -0.142. The van der Waals surface area contributed by atoms with Gasteiger partial charge in [0.15, 0.2) is 0 Å². The van der Waals surface area contributed by atoms with Crippen LogP contribution in [0.2, 0.25) is 0 Å². The second kappa shape index (κ2) is 7.33. The number of amides is 1. The fraction of sp³-hybridized carbons (Fsp3) is 0.588. The maximum absolute atomic E-state index is 13.1. The Bertz CT molecular complexity index is 508. The molecule has 1 saturated carbocycles. The van der Waals surface area contributed by atoms with Gasteiger partial charge in [-0.3, -0.25) is 4.79 Å². The summed E-state index contributed by atoms with van der Waals surface area (Å²) < 4.78 is 1.07. The summed E-state index contributed by atoms with van der Waals surface area (Å²) in [4.78, 5) is 15.2. The third kappa shape index (κ3) is 3.19. The second-order valence-corrected chi connectivity index (χ2v) is 7.21. The molecule has 1 aromatic rings. The third-order valence-electron chi connectivity index (χ3n) is 5.20. The summed E-state index contributed by atoms with van der Waals surface area (Å²) in [6.07, 6.45) is 5.30. The summed E-state index contributed by atoms with van der Waals surface area (Å²) >= 11 is 3.48. The monoisotopic (exact) mass is 386 g/mol. The smallest absolute Gasteiger partial charge is 0.233 e. The summed E-state index contributed by atoms with van der Waals surface area (Å²) in [6.45, 7) is 1.78. The van der Waals surface area contributed by atoms with E-state index in [0.717, 1.165) is 49.7 Å². The van der Waals surface area contributed by atoms with Gasteiger partial charge >= 0.3 is 0 Å². The van der Waals surface area contributed by atoms with Crippen LogP contribution >= 0.6 is 28.3 Å². The van der Waals surface area contributed by atoms with Gasteiger partial charge in [-0.15, -0.1) is 12.4 Å². The van der Waals surface area contributed by atoms with Crippen molar-refractivity contribution in [1.29, 1.82) is 0 Å². The van der Waals surface area contributed by atoms with Crippen molar-refractivity contribution in [3.8, 4) is 0 Å². The van der Waals surface area contributed by atoms with Crippen LogP contribution in [0.5, 0.6) is 0 Å². The first-order valence-electron chi connectivity index (χ1n) is 7.88. The fourth-order valence-corrected chi connectivity index (χ4v) is 3.86. The lowest BCUT2D eigenvalue weighted by Crippen LogP contribution is -2.54. The SMILES string of the molecule is CNC1CCN(C(=O)C2(c3ccc(Br)cc3)CCC2)CC1.Cl. The molecule has 122 valence electrons. The van der Waals surface area contributed by atoms with Gasteiger partial charge in [-0.25, -0.2) is 0 Å². The summed E-state index contributed by atoms with van der Waals surface area (Å²) in [6, 6.07) is 8.90. The van der Waals surface area contributed by atoms with Crippen LogP contribution in [0, 0.1) is 0 Å². The van der Waals surface area contributed by atoms with Crippen molar-refractivity contribution in [3.05, 3.63) is 34.3 Å². The number of benzene rings is 1. The molecular formula is C17H24BrClN2O. The van der Waals surface area contributed by atoms with Crippen molar-refractivity contribution >= 4 is 34.2 Å². The van der Waals surface area contributed by atoms with E-state index in [0.29, 0.717) is 11.9 Å². The Hall–Kier alpha value is -0.580. The minimum atomic E-state index is -0.243. The molecular weight excluding hydrogens is 364 g/mol. The summed E-state index contributed by atoms with van der Waals surface area (Å²) in [5, 5.41) is 3.32. The van der Waals surface area contributed by atoms with Crippen LogP contribution in [0.1, 0.15) is 37.7 Å². The van der Waals surface area contributed by atoms with Crippen molar-refractivity contribution in [3.63, 3.8) is 0 Å². The minimum absolute atomic E-state index is 0. The molecule has 1 heterocycles. The van der Waals surface area contributed by atoms with Crippen molar-refractivity contribution in [2.24, 2.45) is 0 Å². The summed E-state index contributed by atoms with van der Waals surface area (Å²) in [5.41, 5.74) is 0.949. The lowest BCUT2D eigenvalue weighted by Gasteiger charge is -2.45. The van der Waals surface area contributed by atoms with E-state index in [1.165, 1.54) is 5.56 Å². The first-order valence-corrected chi connectivity index (χ1v) is 8.68. The minimum Gasteiger partial charge on any atom is -0.342 e. The van der Waals surface area contributed by atoms with Crippen molar-refractivity contribution in [1.82, 2.24) is 10.2 Å². The van der Waals surface area contributed by atoms with Crippen molar-refractivity contribution in [2.45, 2.75) is 43.6 Å². The zero-order chi connectivity index (χ0) is 14.9. The zero-order valence-electron chi connectivity index (χ0n) is 13.0. The zero-order valence-corrected chi connectivity index (χ0v) is 15.4. The van der Waals surface area contributed by atoms with Gasteiger partial charge in [-0.1, -0.05) is 34.5 Å². The van der Waals surface area contributed by atoms with E-state index < -0.39 is 0 Å². The maximum atomic E-state index is 13.1. The number of likely N-dealkylation sites (tertiary alicyclic amines) is 1. The Morgan fingerprint density at radius 3 is 2.27 bits per heavy atom. The van der Waals surface area contributed by atoms with Gasteiger partial charge in [-0.2, -0.15) is 0 Å². The molecule has 1 saturated heterocycles. The average Bonchev–Trinajstić information content (AvgIpc) is 2.48. The summed E-state index contributed by atoms with van der Waals surface area (Å²) in [7, 11) is 2.01. The molecule has 3 nitrogen and oxygen atoms in total. The highest BCUT2D eigenvalue weighted by Crippen LogP contribution is 2.45. The molecule has 0 spiro atoms. The Kier molecular flexibility index (Phi) is 5.92. The van der Waals surface area contributed by atoms with Gasteiger partial charge in [0.1, 0.15) is 0 Å². The molecule has 1 aromatic carbocycles. The Morgan fingerprint density at radius 1 is 1.23 bits per heavy atom. The van der Waals surface area contributed by atoms with Gasteiger partial charge in [0, 0.05) is 23.6 Å². The maximum Gasteiger partial charge on any atom is 0.233 e. The molecule has 5 heteroatoms. The highest BCUT2D eigenvalue weighted by Gasteiger charge is 2.47. The van der Waals surface area contributed by atoms with E-state index in [1.54, 1.807) is 0 Å². The van der Waals surface area contributed by atoms with Gasteiger partial charge < -0.3 is 10.2 Å². The average molecular weight is 388 g/mol. The van der Waals surface area contributed by atoms with Crippen molar-refractivity contribution in [2.75, 3.05) is 20.1 Å². The molecule has 3 rings (SSSR count). The predicted octanol–water partition coefficient (Wildman–Crippen LogP) is 3.50. The molecule has 22 heavy (non-hydrogen) atoms. The molecule has 0 radical (unpaired) electrons. The third-order valence-corrected chi connectivity index (χ3v) is 5.73. The highest BCUT2D eigenvalue weighted by atomic mass is 79.9. The number of carbonyl (C=O) groups is 1. The van der Waals surface area contributed by atoms with Gasteiger partial charge in [0.05, 0.1) is 5.41 Å². The van der Waals surface area contributed by atoms with E-state index in [2.05, 4.69) is 50.4 Å². The van der Waals surface area contributed by atoms with E-state index >= 15 is 0 Å². The highest BCUT2D eigenvalue weighted by molar-refractivity contribution is 9.10. The Labute approximate surface area is 147 Å². The molecule has 1 aliphatic heterocycles. The number of hydrogen-bond donors (Lipinski definition) is 1. The molecule has 2 fully saturated rings. The van der Waals surface area contributed by atoms with Crippen LogP contribution in [0.25, 0.3) is 0 Å². The molecule has 0 atom stereocenters. The first kappa shape index (κ1) is 17.8. The van der Waals surface area contributed by atoms with E-state index in [-0.39, 0.29) is 17.8 Å². The number of halogens is 2. The number of piperidine rings is 1. The van der Waals surface area contributed by atoms with E-state index in [1.807, 2.05) is 7.05 Å². The second-order valence-electron chi connectivity index (χ2n) is 6.30. The Morgan fingerprint density at radius 2 is 1.82 bits per heavy atom. The quantitative estimate of drug-likeness (QED) is 0.861. The number of nitrogens with zero attached hydrogens (tertiary/aromatic N) is 1. The predicted molar refractivity (Wildman–Crippen MR) is 95.6 cm³/mol. The fourth-order valence-electron chi connectivity index (χ4n) is 3.60. The van der Waals surface area contributed by atoms with Gasteiger partial charge in [-0.05, 0) is 50.4 Å². The van der Waals surface area contributed by atoms with E-state index in [4.69, 9.17) is 0 Å². The number of rotatable bonds is 3. The molecule has 0 bridgehead atoms. The van der Waals surface area contributed by atoms with Crippen LogP contribution in [0.3, 0.4) is 0 Å². The topological polar surface area (TPSA) is 32.3 Å². The molecule has 0 unspecified atom stereocenters. The number of carbonyl (C=O) groups excluding carboxylic acids is 1. The standard InChI is InChI=1S/C17H23BrN2O.ClH/c1-19-15-7-11-20(12-8-15)16(21)17(9-2-10-17)13-3-5-14(18)6-4-13;/h3-6,15,19H,2,7-12H2,1H3;1H. The van der Waals surface area contributed by atoms with Crippen LogP contribution in [0.4, 0.5) is 0 Å². The largest absolute Gasteiger partial charge is 0.342 e. The Balaban J connectivity index is 0.00000176. The first-order chi connectivity index (χ1) is 10.2. The molecule has 0 aromatic heterocycles. The van der Waals surface area contributed by atoms with Crippen LogP contribution in [-0.4, -0.2) is 37.0 Å². The number of nitrogens with one attached hydrogen (secondary N) is 1. The van der Waals surface area contributed by atoms with Crippen LogP contribution in [-0.2, 0) is 10.2 Å².